The molecule has 0 spiro atoms. The van der Waals surface area contributed by atoms with Gasteiger partial charge >= 0.3 is 5.97 Å². The van der Waals surface area contributed by atoms with E-state index in [2.05, 4.69) is 5.10 Å². The predicted molar refractivity (Wildman–Crippen MR) is 124 cm³/mol. The number of aromatic nitrogens is 2. The molecule has 0 atom stereocenters. The van der Waals surface area contributed by atoms with Crippen molar-refractivity contribution in [2.75, 3.05) is 37.7 Å². The summed E-state index contributed by atoms with van der Waals surface area (Å²) < 4.78 is 20.5. The first-order chi connectivity index (χ1) is 16.0. The normalized spacial score (nSPS) is 14.3. The van der Waals surface area contributed by atoms with Crippen molar-refractivity contribution in [2.24, 2.45) is 0 Å². The van der Waals surface area contributed by atoms with Gasteiger partial charge in [-0.25, -0.2) is 9.18 Å². The lowest BCUT2D eigenvalue weighted by Gasteiger charge is -2.34. The van der Waals surface area contributed by atoms with Gasteiger partial charge in [0.15, 0.2) is 5.69 Å². The second-order valence-corrected chi connectivity index (χ2v) is 8.14. The third kappa shape index (κ3) is 4.96. The smallest absolute Gasteiger partial charge is 0.360 e. The van der Waals surface area contributed by atoms with Gasteiger partial charge in [-0.3, -0.25) is 4.79 Å². The van der Waals surface area contributed by atoms with Crippen LogP contribution in [0.4, 0.5) is 10.1 Å². The quantitative estimate of drug-likeness (QED) is 0.579. The highest BCUT2D eigenvalue weighted by Crippen LogP contribution is 2.20. The maximum atomic E-state index is 14.0. The first kappa shape index (κ1) is 22.7. The topological polar surface area (TPSA) is 68.9 Å². The van der Waals surface area contributed by atoms with Gasteiger partial charge < -0.3 is 14.5 Å². The molecule has 0 bridgehead atoms. The highest BCUT2D eigenvalue weighted by molar-refractivity contribution is 5.93. The summed E-state index contributed by atoms with van der Waals surface area (Å²) in [5.41, 5.74) is 2.48. The minimum atomic E-state index is -0.559. The SMILES string of the molecule is CCOC(=O)c1nn(-c2ccccc2C)c(=O)cc1N1CC[NH+](Cc2ccccc2F)CC1. The molecule has 1 saturated heterocycles. The first-order valence-electron chi connectivity index (χ1n) is 11.2. The number of carbonyl (C=O) groups is 1. The van der Waals surface area contributed by atoms with Gasteiger partial charge in [-0.1, -0.05) is 36.4 Å². The van der Waals surface area contributed by atoms with Crippen molar-refractivity contribution in [1.29, 1.82) is 0 Å². The number of halogens is 1. The van der Waals surface area contributed by atoms with Crippen LogP contribution in [0.25, 0.3) is 5.69 Å². The number of hydrogen-bond acceptors (Lipinski definition) is 5. The van der Waals surface area contributed by atoms with Crippen molar-refractivity contribution >= 4 is 11.7 Å². The number of piperazine rings is 1. The van der Waals surface area contributed by atoms with Crippen LogP contribution in [-0.4, -0.2) is 48.5 Å². The Labute approximate surface area is 192 Å². The van der Waals surface area contributed by atoms with Crippen LogP contribution in [0.1, 0.15) is 28.5 Å². The zero-order valence-electron chi connectivity index (χ0n) is 18.9. The molecular formula is C25H28FN4O3+. The molecule has 0 aliphatic carbocycles. The van der Waals surface area contributed by atoms with Crippen molar-refractivity contribution in [3.05, 3.63) is 87.6 Å². The Morgan fingerprint density at radius 2 is 1.79 bits per heavy atom. The minimum absolute atomic E-state index is 0.122. The summed E-state index contributed by atoms with van der Waals surface area (Å²) in [5.74, 6) is -0.753. The molecule has 1 fully saturated rings. The Balaban J connectivity index is 1.60. The Bertz CT molecular complexity index is 1200. The number of esters is 1. The van der Waals surface area contributed by atoms with E-state index in [1.165, 1.54) is 21.7 Å². The predicted octanol–water partition coefficient (Wildman–Crippen LogP) is 1.76. The zero-order chi connectivity index (χ0) is 23.4. The number of nitrogens with zero attached hydrogens (tertiary/aromatic N) is 3. The van der Waals surface area contributed by atoms with E-state index >= 15 is 0 Å². The fourth-order valence-corrected chi connectivity index (χ4v) is 4.16. The summed E-state index contributed by atoms with van der Waals surface area (Å²) in [6, 6.07) is 15.7. The van der Waals surface area contributed by atoms with Crippen LogP contribution in [-0.2, 0) is 11.3 Å². The number of para-hydroxylation sites is 1. The molecule has 0 amide bonds. The van der Waals surface area contributed by atoms with Crippen LogP contribution in [0, 0.1) is 12.7 Å². The number of hydrogen-bond donors (Lipinski definition) is 1. The third-order valence-electron chi connectivity index (χ3n) is 5.93. The lowest BCUT2D eigenvalue weighted by Crippen LogP contribution is -3.13. The van der Waals surface area contributed by atoms with E-state index in [4.69, 9.17) is 4.74 Å². The number of aryl methyl sites for hydroxylation is 1. The van der Waals surface area contributed by atoms with E-state index in [0.717, 1.165) is 18.7 Å². The van der Waals surface area contributed by atoms with Gasteiger partial charge in [-0.2, -0.15) is 9.78 Å². The number of benzene rings is 2. The van der Waals surface area contributed by atoms with Crippen LogP contribution in [0.3, 0.4) is 0 Å². The van der Waals surface area contributed by atoms with E-state index in [9.17, 15) is 14.0 Å². The fourth-order valence-electron chi connectivity index (χ4n) is 4.16. The summed E-state index contributed by atoms with van der Waals surface area (Å²) in [6.45, 7) is 7.16. The molecule has 2 aromatic carbocycles. The van der Waals surface area contributed by atoms with Crippen LogP contribution in [0.5, 0.6) is 0 Å². The molecule has 1 aliphatic rings. The van der Waals surface area contributed by atoms with Crippen LogP contribution < -0.4 is 15.4 Å². The van der Waals surface area contributed by atoms with E-state index in [-0.39, 0.29) is 23.7 Å². The molecule has 3 aromatic rings. The summed E-state index contributed by atoms with van der Waals surface area (Å²) in [4.78, 5) is 29.0. The Morgan fingerprint density at radius 1 is 1.09 bits per heavy atom. The molecule has 33 heavy (non-hydrogen) atoms. The summed E-state index contributed by atoms with van der Waals surface area (Å²) in [6.07, 6.45) is 0. The average Bonchev–Trinajstić information content (AvgIpc) is 2.82. The Kier molecular flexibility index (Phi) is 6.84. The van der Waals surface area contributed by atoms with Gasteiger partial charge in [0.05, 0.1) is 44.2 Å². The standard InChI is InChI=1S/C25H27FN4O3/c1-3-33-25(32)24-22(16-23(31)30(27-24)21-11-7-4-8-18(21)2)29-14-12-28(13-15-29)17-19-9-5-6-10-20(19)26/h4-11,16H,3,12-15,17H2,1-2H3/p+1. The van der Waals surface area contributed by atoms with Crippen LogP contribution in [0.15, 0.2) is 59.4 Å². The Morgan fingerprint density at radius 3 is 2.48 bits per heavy atom. The number of nitrogens with one attached hydrogen (secondary N) is 1. The van der Waals surface area contributed by atoms with E-state index in [1.54, 1.807) is 19.1 Å². The molecule has 0 radical (unpaired) electrons. The monoisotopic (exact) mass is 451 g/mol. The molecule has 0 unspecified atom stereocenters. The molecule has 1 aliphatic heterocycles. The zero-order valence-corrected chi connectivity index (χ0v) is 18.9. The fraction of sp³-hybridized carbons (Fsp3) is 0.320. The molecule has 4 rings (SSSR count). The van der Waals surface area contributed by atoms with E-state index < -0.39 is 5.97 Å². The molecule has 0 saturated carbocycles. The molecule has 7 nitrogen and oxygen atoms in total. The second-order valence-electron chi connectivity index (χ2n) is 8.14. The summed E-state index contributed by atoms with van der Waals surface area (Å²) >= 11 is 0. The van der Waals surface area contributed by atoms with Gasteiger partial charge in [-0.15, -0.1) is 0 Å². The van der Waals surface area contributed by atoms with Crippen molar-refractivity contribution in [3.63, 3.8) is 0 Å². The Hall–Kier alpha value is -3.52. The number of anilines is 1. The lowest BCUT2D eigenvalue weighted by molar-refractivity contribution is -0.914. The molecule has 2 heterocycles. The number of quaternary nitrogens is 1. The lowest BCUT2D eigenvalue weighted by atomic mass is 10.1. The average molecular weight is 452 g/mol. The highest BCUT2D eigenvalue weighted by Gasteiger charge is 2.27. The van der Waals surface area contributed by atoms with Crippen molar-refractivity contribution in [3.8, 4) is 5.69 Å². The van der Waals surface area contributed by atoms with Crippen LogP contribution >= 0.6 is 0 Å². The highest BCUT2D eigenvalue weighted by atomic mass is 19.1. The van der Waals surface area contributed by atoms with E-state index in [0.29, 0.717) is 36.6 Å². The summed E-state index contributed by atoms with van der Waals surface area (Å²) in [5, 5.41) is 4.43. The molecule has 8 heteroatoms. The van der Waals surface area contributed by atoms with Gasteiger partial charge in [0.25, 0.3) is 5.56 Å². The molecule has 1 aromatic heterocycles. The van der Waals surface area contributed by atoms with Crippen molar-refractivity contribution in [1.82, 2.24) is 9.78 Å². The second kappa shape index (κ2) is 9.95. The number of carbonyl (C=O) groups excluding carboxylic acids is 1. The molecule has 172 valence electrons. The van der Waals surface area contributed by atoms with Crippen molar-refractivity contribution < 1.29 is 18.8 Å². The maximum absolute atomic E-state index is 14.0. The van der Waals surface area contributed by atoms with E-state index in [1.807, 2.05) is 42.2 Å². The molecule has 1 N–H and O–H groups in total. The number of rotatable bonds is 6. The molecular weight excluding hydrogens is 423 g/mol. The maximum Gasteiger partial charge on any atom is 0.360 e. The third-order valence-corrected chi connectivity index (χ3v) is 5.93. The van der Waals surface area contributed by atoms with Crippen molar-refractivity contribution in [2.45, 2.75) is 20.4 Å². The summed E-state index contributed by atoms with van der Waals surface area (Å²) in [7, 11) is 0. The van der Waals surface area contributed by atoms with Gasteiger partial charge in [0.1, 0.15) is 12.4 Å². The number of ether oxygens (including phenoxy) is 1. The largest absolute Gasteiger partial charge is 0.461 e. The van der Waals surface area contributed by atoms with Crippen LogP contribution in [0.2, 0.25) is 0 Å². The van der Waals surface area contributed by atoms with Gasteiger partial charge in [0, 0.05) is 11.6 Å². The van der Waals surface area contributed by atoms with Gasteiger partial charge in [-0.05, 0) is 31.5 Å². The minimum Gasteiger partial charge on any atom is -0.461 e. The van der Waals surface area contributed by atoms with Gasteiger partial charge in [0.2, 0.25) is 0 Å². The first-order valence-corrected chi connectivity index (χ1v) is 11.2.